The van der Waals surface area contributed by atoms with Crippen molar-refractivity contribution in [1.82, 2.24) is 0 Å². The lowest BCUT2D eigenvalue weighted by Crippen LogP contribution is -2.29. The number of fused-ring (bicyclic) bond motifs is 1. The van der Waals surface area contributed by atoms with E-state index in [9.17, 15) is 0 Å². The predicted molar refractivity (Wildman–Crippen MR) is 68.1 cm³/mol. The smallest absolute Gasteiger partial charge is 0.0437 e. The highest BCUT2D eigenvalue weighted by atomic mass is 16.3. The minimum atomic E-state index is 0.282. The number of benzene rings is 1. The molecule has 1 unspecified atom stereocenters. The van der Waals surface area contributed by atoms with Crippen LogP contribution in [-0.4, -0.2) is 24.3 Å². The Morgan fingerprint density at radius 2 is 2.19 bits per heavy atom. The molecule has 0 amide bonds. The van der Waals surface area contributed by atoms with Gasteiger partial charge in [0.1, 0.15) is 0 Å². The van der Waals surface area contributed by atoms with E-state index >= 15 is 0 Å². The summed E-state index contributed by atoms with van der Waals surface area (Å²) in [6.45, 7) is 7.97. The monoisotopic (exact) mass is 219 g/mol. The number of hydrogen-bond acceptors (Lipinski definition) is 2. The van der Waals surface area contributed by atoms with Crippen LogP contribution in [0.25, 0.3) is 0 Å². The molecule has 88 valence electrons. The summed E-state index contributed by atoms with van der Waals surface area (Å²) in [6.07, 6.45) is 0.876. The maximum atomic E-state index is 9.15. The van der Waals surface area contributed by atoms with Crippen molar-refractivity contribution in [3.63, 3.8) is 0 Å². The van der Waals surface area contributed by atoms with Crippen molar-refractivity contribution in [2.24, 2.45) is 0 Å². The molecule has 0 saturated carbocycles. The third-order valence-corrected chi connectivity index (χ3v) is 3.54. The molecule has 2 nitrogen and oxygen atoms in total. The van der Waals surface area contributed by atoms with Crippen LogP contribution in [-0.2, 0) is 0 Å². The maximum absolute atomic E-state index is 9.15. The van der Waals surface area contributed by atoms with Gasteiger partial charge in [0.15, 0.2) is 0 Å². The van der Waals surface area contributed by atoms with Crippen LogP contribution in [0, 0.1) is 6.92 Å². The minimum absolute atomic E-state index is 0.282. The van der Waals surface area contributed by atoms with Gasteiger partial charge < -0.3 is 10.0 Å². The van der Waals surface area contributed by atoms with Gasteiger partial charge in [-0.1, -0.05) is 12.1 Å². The van der Waals surface area contributed by atoms with Crippen LogP contribution in [0.3, 0.4) is 0 Å². The maximum Gasteiger partial charge on any atom is 0.0437 e. The Bertz CT molecular complexity index is 373. The van der Waals surface area contributed by atoms with E-state index in [1.807, 2.05) is 0 Å². The first-order chi connectivity index (χ1) is 7.65. The molecule has 0 radical (unpaired) electrons. The van der Waals surface area contributed by atoms with Crippen LogP contribution in [0.1, 0.15) is 37.3 Å². The van der Waals surface area contributed by atoms with Crippen molar-refractivity contribution < 1.29 is 5.11 Å². The van der Waals surface area contributed by atoms with E-state index in [0.29, 0.717) is 12.0 Å². The number of rotatable bonds is 3. The van der Waals surface area contributed by atoms with Crippen LogP contribution in [0.2, 0.25) is 0 Å². The lowest BCUT2D eigenvalue weighted by molar-refractivity contribution is 0.277. The Morgan fingerprint density at radius 1 is 1.44 bits per heavy atom. The standard InChI is InChI=1S/C14H21NO/c1-10(2)15-9-12(7-8-16)14-11(3)5-4-6-13(14)15/h4-6,10,12,16H,7-9H2,1-3H3. The summed E-state index contributed by atoms with van der Waals surface area (Å²) in [4.78, 5) is 2.45. The average molecular weight is 219 g/mol. The second-order valence-corrected chi connectivity index (χ2v) is 4.96. The van der Waals surface area contributed by atoms with E-state index < -0.39 is 0 Å². The first kappa shape index (κ1) is 11.5. The average Bonchev–Trinajstić information content (AvgIpc) is 2.59. The molecule has 2 heteroatoms. The van der Waals surface area contributed by atoms with Gasteiger partial charge in [0, 0.05) is 30.8 Å². The second kappa shape index (κ2) is 4.46. The van der Waals surface area contributed by atoms with E-state index in [-0.39, 0.29) is 6.61 Å². The largest absolute Gasteiger partial charge is 0.396 e. The summed E-state index contributed by atoms with van der Waals surface area (Å²) in [6, 6.07) is 7.04. The molecule has 0 saturated heterocycles. The van der Waals surface area contributed by atoms with Gasteiger partial charge >= 0.3 is 0 Å². The number of aryl methyl sites for hydroxylation is 1. The zero-order valence-corrected chi connectivity index (χ0v) is 10.4. The molecule has 1 aliphatic heterocycles. The topological polar surface area (TPSA) is 23.5 Å². The van der Waals surface area contributed by atoms with Crippen molar-refractivity contribution in [1.29, 1.82) is 0 Å². The van der Waals surface area contributed by atoms with E-state index in [2.05, 4.69) is 43.9 Å². The van der Waals surface area contributed by atoms with Gasteiger partial charge in [-0.05, 0) is 44.4 Å². The predicted octanol–water partition coefficient (Wildman–Crippen LogP) is 2.69. The zero-order valence-electron chi connectivity index (χ0n) is 10.4. The molecule has 1 atom stereocenters. The molecule has 1 heterocycles. The Morgan fingerprint density at radius 3 is 2.81 bits per heavy atom. The second-order valence-electron chi connectivity index (χ2n) is 4.96. The van der Waals surface area contributed by atoms with E-state index in [0.717, 1.165) is 13.0 Å². The summed E-state index contributed by atoms with van der Waals surface area (Å²) >= 11 is 0. The third kappa shape index (κ3) is 1.82. The highest BCUT2D eigenvalue weighted by Crippen LogP contribution is 2.40. The van der Waals surface area contributed by atoms with Crippen molar-refractivity contribution >= 4 is 5.69 Å². The van der Waals surface area contributed by atoms with Gasteiger partial charge in [0.25, 0.3) is 0 Å². The minimum Gasteiger partial charge on any atom is -0.396 e. The van der Waals surface area contributed by atoms with Crippen LogP contribution in [0.5, 0.6) is 0 Å². The van der Waals surface area contributed by atoms with Crippen molar-refractivity contribution in [2.45, 2.75) is 39.2 Å². The van der Waals surface area contributed by atoms with E-state index in [4.69, 9.17) is 5.11 Å². The zero-order chi connectivity index (χ0) is 11.7. The molecule has 0 aromatic heterocycles. The van der Waals surface area contributed by atoms with Gasteiger partial charge in [-0.25, -0.2) is 0 Å². The van der Waals surface area contributed by atoms with Crippen molar-refractivity contribution in [3.8, 4) is 0 Å². The Kier molecular flexibility index (Phi) is 3.20. The Balaban J connectivity index is 2.40. The first-order valence-corrected chi connectivity index (χ1v) is 6.12. The Labute approximate surface area is 97.9 Å². The van der Waals surface area contributed by atoms with E-state index in [1.54, 1.807) is 0 Å². The summed E-state index contributed by atoms with van der Waals surface area (Å²) < 4.78 is 0. The van der Waals surface area contributed by atoms with Crippen molar-refractivity contribution in [3.05, 3.63) is 29.3 Å². The lowest BCUT2D eigenvalue weighted by Gasteiger charge is -2.24. The molecule has 2 rings (SSSR count). The van der Waals surface area contributed by atoms with Gasteiger partial charge in [-0.15, -0.1) is 0 Å². The molecule has 0 aliphatic carbocycles. The van der Waals surface area contributed by atoms with Gasteiger partial charge in [0.05, 0.1) is 0 Å². The van der Waals surface area contributed by atoms with Crippen LogP contribution < -0.4 is 4.90 Å². The van der Waals surface area contributed by atoms with Crippen LogP contribution in [0.15, 0.2) is 18.2 Å². The molecular formula is C14H21NO. The quantitative estimate of drug-likeness (QED) is 0.845. The molecule has 1 aliphatic rings. The van der Waals surface area contributed by atoms with Gasteiger partial charge in [-0.2, -0.15) is 0 Å². The number of aliphatic hydroxyl groups is 1. The van der Waals surface area contributed by atoms with Crippen LogP contribution in [0.4, 0.5) is 5.69 Å². The van der Waals surface area contributed by atoms with Gasteiger partial charge in [0.2, 0.25) is 0 Å². The SMILES string of the molecule is Cc1cccc2c1C(CCO)CN2C(C)C. The van der Waals surface area contributed by atoms with Crippen LogP contribution >= 0.6 is 0 Å². The molecule has 1 N–H and O–H groups in total. The summed E-state index contributed by atoms with van der Waals surface area (Å²) in [7, 11) is 0. The normalized spacial score (nSPS) is 19.3. The fraction of sp³-hybridized carbons (Fsp3) is 0.571. The number of hydrogen-bond donors (Lipinski definition) is 1. The lowest BCUT2D eigenvalue weighted by atomic mass is 9.94. The highest BCUT2D eigenvalue weighted by molar-refractivity contribution is 5.63. The number of anilines is 1. The number of aliphatic hydroxyl groups excluding tert-OH is 1. The highest BCUT2D eigenvalue weighted by Gasteiger charge is 2.30. The molecule has 1 aromatic carbocycles. The summed E-state index contributed by atoms with van der Waals surface area (Å²) in [5, 5.41) is 9.15. The molecule has 1 aromatic rings. The van der Waals surface area contributed by atoms with E-state index in [1.165, 1.54) is 16.8 Å². The molecular weight excluding hydrogens is 198 g/mol. The Hall–Kier alpha value is -1.02. The summed E-state index contributed by atoms with van der Waals surface area (Å²) in [5.41, 5.74) is 4.18. The fourth-order valence-corrected chi connectivity index (χ4v) is 2.75. The molecule has 0 bridgehead atoms. The third-order valence-electron chi connectivity index (χ3n) is 3.54. The number of nitrogens with zero attached hydrogens (tertiary/aromatic N) is 1. The fourth-order valence-electron chi connectivity index (χ4n) is 2.75. The molecule has 16 heavy (non-hydrogen) atoms. The van der Waals surface area contributed by atoms with Gasteiger partial charge in [-0.3, -0.25) is 0 Å². The van der Waals surface area contributed by atoms with Crippen molar-refractivity contribution in [2.75, 3.05) is 18.1 Å². The molecule has 0 spiro atoms. The molecule has 0 fully saturated rings. The summed E-state index contributed by atoms with van der Waals surface area (Å²) in [5.74, 6) is 0.503. The first-order valence-electron chi connectivity index (χ1n) is 6.12.